The highest BCUT2D eigenvalue weighted by Gasteiger charge is 2.20. The van der Waals surface area contributed by atoms with Gasteiger partial charge < -0.3 is 16.6 Å². The van der Waals surface area contributed by atoms with Crippen LogP contribution in [0.1, 0.15) is 23.2 Å². The lowest BCUT2D eigenvalue weighted by atomic mass is 9.96. The summed E-state index contributed by atoms with van der Waals surface area (Å²) < 4.78 is 0. The first-order chi connectivity index (χ1) is 10.6. The fourth-order valence-electron chi connectivity index (χ4n) is 2.40. The molecule has 0 aliphatic carbocycles. The Hall–Kier alpha value is -2.01. The number of carbonyl (C=O) groups is 1. The Morgan fingerprint density at radius 3 is 2.41 bits per heavy atom. The second kappa shape index (κ2) is 7.84. The van der Waals surface area contributed by atoms with E-state index in [9.17, 15) is 9.90 Å². The zero-order valence-electron chi connectivity index (χ0n) is 12.5. The lowest BCUT2D eigenvalue weighted by Gasteiger charge is -2.15. The molecule has 0 saturated heterocycles. The number of hydrogen-bond acceptors (Lipinski definition) is 4. The summed E-state index contributed by atoms with van der Waals surface area (Å²) in [6, 6.07) is 16.8. The number of hydrogen-bond donors (Lipinski definition) is 3. The van der Waals surface area contributed by atoms with E-state index in [1.165, 1.54) is 0 Å². The highest BCUT2D eigenvalue weighted by atomic mass is 16.3. The van der Waals surface area contributed by atoms with Crippen LogP contribution in [-0.4, -0.2) is 29.6 Å². The molecule has 4 heteroatoms. The van der Waals surface area contributed by atoms with E-state index in [4.69, 9.17) is 11.5 Å². The first-order valence-corrected chi connectivity index (χ1v) is 7.45. The van der Waals surface area contributed by atoms with Crippen molar-refractivity contribution >= 4 is 5.78 Å². The molecule has 0 heterocycles. The maximum atomic E-state index is 12.3. The van der Waals surface area contributed by atoms with Gasteiger partial charge in [0, 0.05) is 11.6 Å². The minimum Gasteiger partial charge on any atom is -0.385 e. The molecule has 0 aliphatic heterocycles. The Morgan fingerprint density at radius 1 is 1.05 bits per heavy atom. The van der Waals surface area contributed by atoms with Gasteiger partial charge in [-0.1, -0.05) is 48.5 Å². The number of rotatable bonds is 7. The van der Waals surface area contributed by atoms with Gasteiger partial charge in [0.1, 0.15) is 6.10 Å². The fraction of sp³-hybridized carbons (Fsp3) is 0.278. The van der Waals surface area contributed by atoms with Gasteiger partial charge in [-0.2, -0.15) is 0 Å². The van der Waals surface area contributed by atoms with Crippen molar-refractivity contribution in [3.8, 4) is 11.1 Å². The Labute approximate surface area is 130 Å². The van der Waals surface area contributed by atoms with Crippen LogP contribution in [0.25, 0.3) is 11.1 Å². The van der Waals surface area contributed by atoms with Crippen molar-refractivity contribution in [1.82, 2.24) is 0 Å². The zero-order chi connectivity index (χ0) is 15.9. The van der Waals surface area contributed by atoms with Crippen molar-refractivity contribution in [3.63, 3.8) is 0 Å². The summed E-state index contributed by atoms with van der Waals surface area (Å²) >= 11 is 0. The van der Waals surface area contributed by atoms with Crippen LogP contribution in [0.15, 0.2) is 54.6 Å². The number of Topliss-reactive ketones (excluding diaryl/α,β-unsaturated/α-hetero) is 1. The van der Waals surface area contributed by atoms with Gasteiger partial charge in [0.15, 0.2) is 5.78 Å². The van der Waals surface area contributed by atoms with Crippen LogP contribution < -0.4 is 11.5 Å². The van der Waals surface area contributed by atoms with E-state index in [0.29, 0.717) is 18.5 Å². The SMILES string of the molecule is NCCC(N)CC(O)C(=O)c1cccc(-c2ccccc2)c1. The lowest BCUT2D eigenvalue weighted by molar-refractivity contribution is 0.0714. The normalized spacial score (nSPS) is 13.6. The van der Waals surface area contributed by atoms with Gasteiger partial charge in [0.2, 0.25) is 0 Å². The quantitative estimate of drug-likeness (QED) is 0.682. The number of aliphatic hydroxyl groups excluding tert-OH is 1. The highest BCUT2D eigenvalue weighted by molar-refractivity contribution is 6.00. The third-order valence-electron chi connectivity index (χ3n) is 3.62. The zero-order valence-corrected chi connectivity index (χ0v) is 12.5. The second-order valence-electron chi connectivity index (χ2n) is 5.40. The van der Waals surface area contributed by atoms with Crippen LogP contribution in [-0.2, 0) is 0 Å². The molecule has 0 radical (unpaired) electrons. The lowest BCUT2D eigenvalue weighted by Crippen LogP contribution is -2.32. The molecule has 2 aromatic rings. The van der Waals surface area contributed by atoms with E-state index in [1.54, 1.807) is 12.1 Å². The average Bonchev–Trinajstić information content (AvgIpc) is 2.55. The largest absolute Gasteiger partial charge is 0.385 e. The summed E-state index contributed by atoms with van der Waals surface area (Å²) in [7, 11) is 0. The van der Waals surface area contributed by atoms with E-state index in [1.807, 2.05) is 42.5 Å². The van der Waals surface area contributed by atoms with Crippen molar-refractivity contribution in [2.24, 2.45) is 11.5 Å². The maximum absolute atomic E-state index is 12.3. The van der Waals surface area contributed by atoms with E-state index < -0.39 is 6.10 Å². The Balaban J connectivity index is 2.13. The summed E-state index contributed by atoms with van der Waals surface area (Å²) in [5, 5.41) is 10.1. The van der Waals surface area contributed by atoms with E-state index >= 15 is 0 Å². The molecule has 2 rings (SSSR count). The summed E-state index contributed by atoms with van der Waals surface area (Å²) in [5.74, 6) is -0.301. The van der Waals surface area contributed by atoms with Crippen molar-refractivity contribution in [2.45, 2.75) is 25.0 Å². The highest BCUT2D eigenvalue weighted by Crippen LogP contribution is 2.21. The topological polar surface area (TPSA) is 89.3 Å². The van der Waals surface area contributed by atoms with E-state index in [2.05, 4.69) is 0 Å². The first-order valence-electron chi connectivity index (χ1n) is 7.45. The molecule has 0 fully saturated rings. The fourth-order valence-corrected chi connectivity index (χ4v) is 2.40. The molecule has 0 bridgehead atoms. The van der Waals surface area contributed by atoms with Crippen LogP contribution in [0, 0.1) is 0 Å². The molecule has 4 nitrogen and oxygen atoms in total. The van der Waals surface area contributed by atoms with E-state index in [-0.39, 0.29) is 18.2 Å². The molecule has 2 aromatic carbocycles. The molecule has 0 aromatic heterocycles. The van der Waals surface area contributed by atoms with E-state index in [0.717, 1.165) is 11.1 Å². The third kappa shape index (κ3) is 4.24. The third-order valence-corrected chi connectivity index (χ3v) is 3.62. The van der Waals surface area contributed by atoms with Crippen LogP contribution in [0.4, 0.5) is 0 Å². The molecule has 2 atom stereocenters. The number of aliphatic hydroxyl groups is 1. The van der Waals surface area contributed by atoms with Crippen LogP contribution >= 0.6 is 0 Å². The summed E-state index contributed by atoms with van der Waals surface area (Å²) in [4.78, 5) is 12.3. The molecule has 5 N–H and O–H groups in total. The van der Waals surface area contributed by atoms with Crippen LogP contribution in [0.5, 0.6) is 0 Å². The molecule has 0 spiro atoms. The van der Waals surface area contributed by atoms with Gasteiger partial charge in [-0.05, 0) is 36.6 Å². The molecule has 0 saturated carbocycles. The number of nitrogens with two attached hydrogens (primary N) is 2. The number of ketones is 1. The predicted octanol–water partition coefficient (Wildman–Crippen LogP) is 1.96. The van der Waals surface area contributed by atoms with Gasteiger partial charge in [-0.15, -0.1) is 0 Å². The summed E-state index contributed by atoms with van der Waals surface area (Å²) in [5.41, 5.74) is 13.7. The van der Waals surface area contributed by atoms with Crippen molar-refractivity contribution < 1.29 is 9.90 Å². The second-order valence-corrected chi connectivity index (χ2v) is 5.40. The van der Waals surface area contributed by atoms with Crippen LogP contribution in [0.3, 0.4) is 0 Å². The molecule has 22 heavy (non-hydrogen) atoms. The Morgan fingerprint density at radius 2 is 1.73 bits per heavy atom. The maximum Gasteiger partial charge on any atom is 0.191 e. The minimum absolute atomic E-state index is 0.228. The van der Waals surface area contributed by atoms with Crippen molar-refractivity contribution in [3.05, 3.63) is 60.2 Å². The standard InChI is InChI=1S/C18H22N2O2/c19-10-9-16(20)12-17(21)18(22)15-8-4-7-14(11-15)13-5-2-1-3-6-13/h1-8,11,16-17,21H,9-10,12,19-20H2. The van der Waals surface area contributed by atoms with Gasteiger partial charge in [-0.3, -0.25) is 4.79 Å². The summed E-state index contributed by atoms with van der Waals surface area (Å²) in [6.07, 6.45) is -0.271. The predicted molar refractivity (Wildman–Crippen MR) is 88.5 cm³/mol. The van der Waals surface area contributed by atoms with Crippen molar-refractivity contribution in [2.75, 3.05) is 6.54 Å². The molecule has 2 unspecified atom stereocenters. The van der Waals surface area contributed by atoms with Gasteiger partial charge in [-0.25, -0.2) is 0 Å². The average molecular weight is 298 g/mol. The first kappa shape index (κ1) is 16.4. The smallest absolute Gasteiger partial charge is 0.191 e. The molecular weight excluding hydrogens is 276 g/mol. The number of carbonyl (C=O) groups excluding carboxylic acids is 1. The molecule has 0 aliphatic rings. The Bertz CT molecular complexity index is 613. The minimum atomic E-state index is -1.09. The number of benzene rings is 2. The van der Waals surface area contributed by atoms with Gasteiger partial charge >= 0.3 is 0 Å². The molecule has 116 valence electrons. The van der Waals surface area contributed by atoms with Crippen LogP contribution in [0.2, 0.25) is 0 Å². The molecular formula is C18H22N2O2. The van der Waals surface area contributed by atoms with Crippen molar-refractivity contribution in [1.29, 1.82) is 0 Å². The monoisotopic (exact) mass is 298 g/mol. The summed E-state index contributed by atoms with van der Waals surface area (Å²) in [6.45, 7) is 0.450. The Kier molecular flexibility index (Phi) is 5.83. The van der Waals surface area contributed by atoms with Gasteiger partial charge in [0.25, 0.3) is 0 Å². The molecule has 0 amide bonds. The van der Waals surface area contributed by atoms with Gasteiger partial charge in [0.05, 0.1) is 0 Å².